The molecule has 2 unspecified atom stereocenters. The topological polar surface area (TPSA) is 54.7 Å². The molecule has 2 aliphatic rings. The minimum absolute atomic E-state index is 0.166. The summed E-state index contributed by atoms with van der Waals surface area (Å²) >= 11 is 3.47. The highest BCUT2D eigenvalue weighted by molar-refractivity contribution is 9.10. The second-order valence-corrected chi connectivity index (χ2v) is 9.83. The van der Waals surface area contributed by atoms with Gasteiger partial charge >= 0.3 is 0 Å². The smallest absolute Gasteiger partial charge is 0.155 e. The maximum absolute atomic E-state index is 12.3. The van der Waals surface area contributed by atoms with Crippen LogP contribution in [0.15, 0.2) is 29.0 Å². The standard InChI is InChI=1S/C16H20BrN3O2S/c17-12-5-6-20-11-13(18-16(20)9-12)10-19-7-8-23(21,22)15-4-2-1-3-14(15)19/h5-6,9,11,14-15H,1-4,7-8,10H2. The summed E-state index contributed by atoms with van der Waals surface area (Å²) < 4.78 is 27.7. The summed E-state index contributed by atoms with van der Waals surface area (Å²) in [5.41, 5.74) is 1.92. The second-order valence-electron chi connectivity index (χ2n) is 6.57. The number of halogens is 1. The van der Waals surface area contributed by atoms with Crippen LogP contribution in [0.5, 0.6) is 0 Å². The third-order valence-corrected chi connectivity index (χ3v) is 7.82. The molecular weight excluding hydrogens is 378 g/mol. The Balaban J connectivity index is 1.59. The molecule has 0 amide bonds. The fourth-order valence-electron chi connectivity index (χ4n) is 3.97. The van der Waals surface area contributed by atoms with E-state index in [-0.39, 0.29) is 17.0 Å². The van der Waals surface area contributed by atoms with Crippen LogP contribution in [-0.2, 0) is 16.4 Å². The van der Waals surface area contributed by atoms with E-state index in [4.69, 9.17) is 0 Å². The molecule has 124 valence electrons. The van der Waals surface area contributed by atoms with Gasteiger partial charge in [-0.15, -0.1) is 0 Å². The fourth-order valence-corrected chi connectivity index (χ4v) is 6.39. The van der Waals surface area contributed by atoms with Crippen LogP contribution in [0, 0.1) is 0 Å². The van der Waals surface area contributed by atoms with Crippen molar-refractivity contribution >= 4 is 31.4 Å². The first-order chi connectivity index (χ1) is 11.0. The van der Waals surface area contributed by atoms with Crippen molar-refractivity contribution in [1.29, 1.82) is 0 Å². The van der Waals surface area contributed by atoms with E-state index < -0.39 is 9.84 Å². The summed E-state index contributed by atoms with van der Waals surface area (Å²) in [6, 6.07) is 4.15. The van der Waals surface area contributed by atoms with E-state index in [1.165, 1.54) is 0 Å². The van der Waals surface area contributed by atoms with E-state index in [1.807, 2.05) is 28.9 Å². The molecule has 1 aliphatic carbocycles. The molecule has 1 saturated heterocycles. The zero-order chi connectivity index (χ0) is 16.0. The number of hydrogen-bond acceptors (Lipinski definition) is 4. The van der Waals surface area contributed by atoms with Crippen molar-refractivity contribution in [3.05, 3.63) is 34.7 Å². The predicted molar refractivity (Wildman–Crippen MR) is 93.1 cm³/mol. The van der Waals surface area contributed by atoms with Gasteiger partial charge in [-0.05, 0) is 25.0 Å². The van der Waals surface area contributed by atoms with Crippen LogP contribution in [0.1, 0.15) is 31.4 Å². The molecule has 4 rings (SSSR count). The van der Waals surface area contributed by atoms with E-state index in [0.29, 0.717) is 6.54 Å². The quantitative estimate of drug-likeness (QED) is 0.781. The Morgan fingerprint density at radius 1 is 1.30 bits per heavy atom. The molecule has 2 aromatic heterocycles. The van der Waals surface area contributed by atoms with Crippen LogP contribution >= 0.6 is 15.9 Å². The zero-order valence-electron chi connectivity index (χ0n) is 12.9. The van der Waals surface area contributed by atoms with Gasteiger partial charge < -0.3 is 4.40 Å². The number of sulfone groups is 1. The van der Waals surface area contributed by atoms with E-state index in [0.717, 1.165) is 48.0 Å². The summed E-state index contributed by atoms with van der Waals surface area (Å²) in [5.74, 6) is 0.285. The van der Waals surface area contributed by atoms with Gasteiger partial charge in [-0.2, -0.15) is 0 Å². The van der Waals surface area contributed by atoms with Gasteiger partial charge in [0.1, 0.15) is 5.65 Å². The molecule has 1 saturated carbocycles. The van der Waals surface area contributed by atoms with Crippen LogP contribution in [0.25, 0.3) is 5.65 Å². The van der Waals surface area contributed by atoms with Crippen molar-refractivity contribution in [3.8, 4) is 0 Å². The molecule has 2 aromatic rings. The Bertz CT molecular complexity index is 833. The van der Waals surface area contributed by atoms with Gasteiger partial charge in [0.05, 0.1) is 16.7 Å². The number of imidazole rings is 1. The lowest BCUT2D eigenvalue weighted by Gasteiger charge is -2.43. The van der Waals surface area contributed by atoms with Gasteiger partial charge in [0.25, 0.3) is 0 Å². The Morgan fingerprint density at radius 2 is 2.13 bits per heavy atom. The highest BCUT2D eigenvalue weighted by atomic mass is 79.9. The molecule has 1 aliphatic heterocycles. The van der Waals surface area contributed by atoms with Crippen LogP contribution in [0.3, 0.4) is 0 Å². The summed E-state index contributed by atoms with van der Waals surface area (Å²) in [6.07, 6.45) is 8.01. The Hall–Kier alpha value is -0.920. The average molecular weight is 398 g/mol. The van der Waals surface area contributed by atoms with Crippen molar-refractivity contribution in [2.24, 2.45) is 0 Å². The summed E-state index contributed by atoms with van der Waals surface area (Å²) in [7, 11) is -2.91. The molecule has 7 heteroatoms. The van der Waals surface area contributed by atoms with Crippen LogP contribution in [0.4, 0.5) is 0 Å². The number of aromatic nitrogens is 2. The summed E-state index contributed by atoms with van der Waals surface area (Å²) in [5, 5.41) is -0.170. The van der Waals surface area contributed by atoms with E-state index in [9.17, 15) is 8.42 Å². The molecule has 2 atom stereocenters. The van der Waals surface area contributed by atoms with Crippen LogP contribution < -0.4 is 0 Å². The highest BCUT2D eigenvalue weighted by Crippen LogP contribution is 2.32. The third-order valence-electron chi connectivity index (χ3n) is 5.10. The summed E-state index contributed by atoms with van der Waals surface area (Å²) in [4.78, 5) is 7.02. The van der Waals surface area contributed by atoms with Crippen LogP contribution in [-0.4, -0.2) is 46.3 Å². The number of rotatable bonds is 2. The molecule has 0 N–H and O–H groups in total. The van der Waals surface area contributed by atoms with E-state index >= 15 is 0 Å². The third kappa shape index (κ3) is 2.94. The first-order valence-corrected chi connectivity index (χ1v) is 10.6. The lowest BCUT2D eigenvalue weighted by Crippen LogP contribution is -2.55. The number of nitrogens with zero attached hydrogens (tertiary/aromatic N) is 3. The lowest BCUT2D eigenvalue weighted by atomic mass is 9.93. The minimum atomic E-state index is -2.91. The predicted octanol–water partition coefficient (Wildman–Crippen LogP) is 2.64. The molecule has 5 nitrogen and oxygen atoms in total. The molecule has 0 spiro atoms. The minimum Gasteiger partial charge on any atom is -0.307 e. The Morgan fingerprint density at radius 3 is 3.00 bits per heavy atom. The molecular formula is C16H20BrN3O2S. The second kappa shape index (κ2) is 5.86. The average Bonchev–Trinajstić information content (AvgIpc) is 2.92. The van der Waals surface area contributed by atoms with Crippen molar-refractivity contribution in [2.45, 2.75) is 43.5 Å². The zero-order valence-corrected chi connectivity index (χ0v) is 15.3. The SMILES string of the molecule is O=S1(=O)CCN(Cc2cn3ccc(Br)cc3n2)C2CCCCC21. The Kier molecular flexibility index (Phi) is 3.98. The summed E-state index contributed by atoms with van der Waals surface area (Å²) in [6.45, 7) is 1.36. The van der Waals surface area contributed by atoms with Gasteiger partial charge in [0.15, 0.2) is 9.84 Å². The maximum Gasteiger partial charge on any atom is 0.155 e. The van der Waals surface area contributed by atoms with Crippen LogP contribution in [0.2, 0.25) is 0 Å². The van der Waals surface area contributed by atoms with Gasteiger partial charge in [-0.3, -0.25) is 4.90 Å². The van der Waals surface area contributed by atoms with Crippen molar-refractivity contribution in [2.75, 3.05) is 12.3 Å². The monoisotopic (exact) mass is 397 g/mol. The molecule has 0 aromatic carbocycles. The molecule has 3 heterocycles. The number of hydrogen-bond donors (Lipinski definition) is 0. The van der Waals surface area contributed by atoms with Crippen molar-refractivity contribution in [1.82, 2.24) is 14.3 Å². The van der Waals surface area contributed by atoms with Gasteiger partial charge in [0, 0.05) is 36.0 Å². The molecule has 2 fully saturated rings. The number of fused-ring (bicyclic) bond motifs is 2. The molecule has 0 bridgehead atoms. The van der Waals surface area contributed by atoms with E-state index in [1.54, 1.807) is 0 Å². The Labute approximate surface area is 144 Å². The first-order valence-electron chi connectivity index (χ1n) is 8.12. The molecule has 23 heavy (non-hydrogen) atoms. The normalized spacial score (nSPS) is 27.9. The highest BCUT2D eigenvalue weighted by Gasteiger charge is 2.42. The number of pyridine rings is 1. The fraction of sp³-hybridized carbons (Fsp3) is 0.562. The molecule has 0 radical (unpaired) electrons. The van der Waals surface area contributed by atoms with Gasteiger partial charge in [-0.25, -0.2) is 13.4 Å². The van der Waals surface area contributed by atoms with Gasteiger partial charge in [0.2, 0.25) is 0 Å². The van der Waals surface area contributed by atoms with E-state index in [2.05, 4.69) is 25.8 Å². The lowest BCUT2D eigenvalue weighted by molar-refractivity contribution is 0.147. The maximum atomic E-state index is 12.3. The van der Waals surface area contributed by atoms with Gasteiger partial charge in [-0.1, -0.05) is 28.8 Å². The van der Waals surface area contributed by atoms with Crippen molar-refractivity contribution in [3.63, 3.8) is 0 Å². The van der Waals surface area contributed by atoms with Crippen molar-refractivity contribution < 1.29 is 8.42 Å². The largest absolute Gasteiger partial charge is 0.307 e. The first kappa shape index (κ1) is 15.6.